The van der Waals surface area contributed by atoms with Crippen LogP contribution in [0, 0.1) is 5.92 Å². The summed E-state index contributed by atoms with van der Waals surface area (Å²) in [6.45, 7) is 0.733. The Bertz CT molecular complexity index is 624. The second kappa shape index (κ2) is 5.48. The van der Waals surface area contributed by atoms with Crippen LogP contribution in [0.3, 0.4) is 0 Å². The quantitative estimate of drug-likeness (QED) is 0.784. The van der Waals surface area contributed by atoms with Gasteiger partial charge >= 0.3 is 5.97 Å². The van der Waals surface area contributed by atoms with Gasteiger partial charge in [0, 0.05) is 11.9 Å². The summed E-state index contributed by atoms with van der Waals surface area (Å²) in [5.41, 5.74) is 5.82. The average Bonchev–Trinajstić information content (AvgIpc) is 2.93. The molecule has 1 aliphatic heterocycles. The smallest absolute Gasteiger partial charge is 0.309 e. The number of fused-ring (bicyclic) bond motifs is 1. The van der Waals surface area contributed by atoms with Crippen LogP contribution in [0.5, 0.6) is 5.75 Å². The van der Waals surface area contributed by atoms with Crippen LogP contribution in [-0.2, 0) is 4.79 Å². The third-order valence-corrected chi connectivity index (χ3v) is 3.58. The Morgan fingerprint density at radius 1 is 1.25 bits per heavy atom. The van der Waals surface area contributed by atoms with E-state index in [2.05, 4.69) is 10.9 Å². The molecule has 20 heavy (non-hydrogen) atoms. The highest BCUT2D eigenvalue weighted by atomic mass is 16.5. The predicted molar refractivity (Wildman–Crippen MR) is 75.5 cm³/mol. The number of benzene rings is 2. The number of aliphatic carboxylic acids is 1. The van der Waals surface area contributed by atoms with Crippen molar-refractivity contribution in [2.24, 2.45) is 5.92 Å². The van der Waals surface area contributed by atoms with Gasteiger partial charge in [0.05, 0.1) is 12.0 Å². The Hall–Kier alpha value is -2.11. The lowest BCUT2D eigenvalue weighted by Gasteiger charge is -2.16. The third-order valence-electron chi connectivity index (χ3n) is 3.58. The maximum absolute atomic E-state index is 11.1. The summed E-state index contributed by atoms with van der Waals surface area (Å²) in [5.74, 6) is -0.500. The molecule has 0 spiro atoms. The molecule has 2 atom stereocenters. The van der Waals surface area contributed by atoms with E-state index < -0.39 is 11.9 Å². The van der Waals surface area contributed by atoms with Gasteiger partial charge in [0.15, 0.2) is 0 Å². The number of carboxylic acid groups (broad SMARTS) is 1. The number of ether oxygens (including phenoxy) is 1. The average molecular weight is 272 g/mol. The van der Waals surface area contributed by atoms with Crippen LogP contribution in [0.4, 0.5) is 0 Å². The molecule has 2 aromatic carbocycles. The molecule has 1 fully saturated rings. The molecule has 1 saturated heterocycles. The van der Waals surface area contributed by atoms with Crippen LogP contribution in [-0.4, -0.2) is 30.3 Å². The van der Waals surface area contributed by atoms with Gasteiger partial charge in [-0.05, 0) is 11.5 Å². The molecule has 0 amide bonds. The lowest BCUT2D eigenvalue weighted by atomic mass is 10.0. The van der Waals surface area contributed by atoms with Gasteiger partial charge in [0.1, 0.15) is 12.4 Å². The van der Waals surface area contributed by atoms with E-state index in [1.165, 1.54) is 0 Å². The zero-order valence-corrected chi connectivity index (χ0v) is 10.9. The molecular formula is C15H16N2O3. The normalized spacial score (nSPS) is 22.0. The molecule has 2 unspecified atom stereocenters. The second-order valence-electron chi connectivity index (χ2n) is 4.86. The molecule has 5 heteroatoms. The highest BCUT2D eigenvalue weighted by molar-refractivity contribution is 5.88. The summed E-state index contributed by atoms with van der Waals surface area (Å²) in [7, 11) is 0. The second-order valence-corrected chi connectivity index (χ2v) is 4.86. The summed E-state index contributed by atoms with van der Waals surface area (Å²) < 4.78 is 5.82. The van der Waals surface area contributed by atoms with E-state index in [0.717, 1.165) is 16.5 Å². The van der Waals surface area contributed by atoms with Crippen molar-refractivity contribution in [3.05, 3.63) is 42.5 Å². The van der Waals surface area contributed by atoms with E-state index in [0.29, 0.717) is 13.2 Å². The van der Waals surface area contributed by atoms with Gasteiger partial charge < -0.3 is 9.84 Å². The molecule has 0 aliphatic carbocycles. The fraction of sp³-hybridized carbons (Fsp3) is 0.267. The van der Waals surface area contributed by atoms with Crippen molar-refractivity contribution in [2.75, 3.05) is 13.2 Å². The first-order valence-corrected chi connectivity index (χ1v) is 6.57. The lowest BCUT2D eigenvalue weighted by molar-refractivity contribution is -0.141. The van der Waals surface area contributed by atoms with Crippen molar-refractivity contribution in [3.63, 3.8) is 0 Å². The van der Waals surface area contributed by atoms with Crippen molar-refractivity contribution < 1.29 is 14.6 Å². The minimum absolute atomic E-state index is 0.230. The fourth-order valence-corrected chi connectivity index (χ4v) is 2.46. The zero-order chi connectivity index (χ0) is 13.9. The van der Waals surface area contributed by atoms with E-state index in [1.807, 2.05) is 42.5 Å². The molecule has 0 radical (unpaired) electrons. The minimum Gasteiger partial charge on any atom is -0.491 e. The molecule has 104 valence electrons. The molecule has 1 heterocycles. The SMILES string of the molecule is O=C(O)C1CNNC1COc1cccc2ccccc12. The first kappa shape index (κ1) is 12.9. The molecule has 2 aromatic rings. The number of carboxylic acids is 1. The van der Waals surface area contributed by atoms with E-state index in [4.69, 9.17) is 9.84 Å². The van der Waals surface area contributed by atoms with Crippen LogP contribution in [0.15, 0.2) is 42.5 Å². The number of hydrazine groups is 1. The molecule has 0 saturated carbocycles. The standard InChI is InChI=1S/C15H16N2O3/c18-15(19)12-8-16-17-13(12)9-20-14-7-3-5-10-4-1-2-6-11(10)14/h1-7,12-13,16-17H,8-9H2,(H,18,19). The third kappa shape index (κ3) is 2.45. The maximum atomic E-state index is 11.1. The molecule has 0 aromatic heterocycles. The molecule has 3 rings (SSSR count). The van der Waals surface area contributed by atoms with Gasteiger partial charge in [-0.3, -0.25) is 15.6 Å². The topological polar surface area (TPSA) is 70.6 Å². The number of hydrogen-bond donors (Lipinski definition) is 3. The first-order valence-electron chi connectivity index (χ1n) is 6.57. The Morgan fingerprint density at radius 3 is 2.90 bits per heavy atom. The molecule has 0 bridgehead atoms. The zero-order valence-electron chi connectivity index (χ0n) is 10.9. The van der Waals surface area contributed by atoms with Crippen LogP contribution >= 0.6 is 0 Å². The summed E-state index contributed by atoms with van der Waals surface area (Å²) in [5, 5.41) is 11.3. The van der Waals surface area contributed by atoms with Crippen LogP contribution in [0.25, 0.3) is 10.8 Å². The van der Waals surface area contributed by atoms with Crippen molar-refractivity contribution >= 4 is 16.7 Å². The van der Waals surface area contributed by atoms with E-state index in [-0.39, 0.29) is 6.04 Å². The fourth-order valence-electron chi connectivity index (χ4n) is 2.46. The van der Waals surface area contributed by atoms with Gasteiger partial charge in [-0.2, -0.15) is 0 Å². The van der Waals surface area contributed by atoms with Crippen LogP contribution < -0.4 is 15.6 Å². The molecule has 1 aliphatic rings. The summed E-state index contributed by atoms with van der Waals surface area (Å²) >= 11 is 0. The van der Waals surface area contributed by atoms with Crippen molar-refractivity contribution in [3.8, 4) is 5.75 Å². The Kier molecular flexibility index (Phi) is 3.54. The largest absolute Gasteiger partial charge is 0.491 e. The highest BCUT2D eigenvalue weighted by Gasteiger charge is 2.33. The van der Waals surface area contributed by atoms with Crippen molar-refractivity contribution in [1.29, 1.82) is 0 Å². The van der Waals surface area contributed by atoms with Gasteiger partial charge in [-0.15, -0.1) is 0 Å². The molecular weight excluding hydrogens is 256 g/mol. The number of nitrogens with one attached hydrogen (secondary N) is 2. The number of carbonyl (C=O) groups is 1. The maximum Gasteiger partial charge on any atom is 0.309 e. The monoisotopic (exact) mass is 272 g/mol. The van der Waals surface area contributed by atoms with E-state index >= 15 is 0 Å². The summed E-state index contributed by atoms with van der Waals surface area (Å²) in [4.78, 5) is 11.1. The highest BCUT2D eigenvalue weighted by Crippen LogP contribution is 2.25. The number of hydrogen-bond acceptors (Lipinski definition) is 4. The van der Waals surface area contributed by atoms with E-state index in [1.54, 1.807) is 0 Å². The Labute approximate surface area is 116 Å². The predicted octanol–water partition coefficient (Wildman–Crippen LogP) is 1.40. The Morgan fingerprint density at radius 2 is 2.05 bits per heavy atom. The van der Waals surface area contributed by atoms with Crippen LogP contribution in [0.1, 0.15) is 0 Å². The van der Waals surface area contributed by atoms with Crippen LogP contribution in [0.2, 0.25) is 0 Å². The summed E-state index contributed by atoms with van der Waals surface area (Å²) in [6.07, 6.45) is 0. The first-order chi connectivity index (χ1) is 9.75. The molecule has 3 N–H and O–H groups in total. The minimum atomic E-state index is -0.811. The van der Waals surface area contributed by atoms with Crippen molar-refractivity contribution in [2.45, 2.75) is 6.04 Å². The summed E-state index contributed by atoms with van der Waals surface area (Å²) in [6, 6.07) is 13.6. The lowest BCUT2D eigenvalue weighted by Crippen LogP contribution is -2.38. The van der Waals surface area contributed by atoms with Gasteiger partial charge in [-0.1, -0.05) is 36.4 Å². The van der Waals surface area contributed by atoms with Crippen molar-refractivity contribution in [1.82, 2.24) is 10.9 Å². The van der Waals surface area contributed by atoms with Gasteiger partial charge in [0.2, 0.25) is 0 Å². The number of rotatable bonds is 4. The van der Waals surface area contributed by atoms with Gasteiger partial charge in [0.25, 0.3) is 0 Å². The van der Waals surface area contributed by atoms with Gasteiger partial charge in [-0.25, -0.2) is 0 Å². The molecule has 5 nitrogen and oxygen atoms in total. The van der Waals surface area contributed by atoms with E-state index in [9.17, 15) is 4.79 Å². The Balaban J connectivity index is 1.76.